The lowest BCUT2D eigenvalue weighted by Crippen LogP contribution is -2.27. The lowest BCUT2D eigenvalue weighted by atomic mass is 10.3. The Bertz CT molecular complexity index is 608. The molecule has 19 heavy (non-hydrogen) atoms. The average molecular weight is 322 g/mol. The number of carbonyl (C=O) groups excluding carboxylic acids is 1. The van der Waals surface area contributed by atoms with E-state index in [0.717, 1.165) is 22.9 Å². The zero-order chi connectivity index (χ0) is 13.2. The Morgan fingerprint density at radius 3 is 3.05 bits per heavy atom. The molecule has 2 aromatic rings. The molecule has 1 aliphatic rings. The van der Waals surface area contributed by atoms with Gasteiger partial charge in [0, 0.05) is 28.5 Å². The maximum absolute atomic E-state index is 11.6. The monoisotopic (exact) mass is 321 g/mol. The van der Waals surface area contributed by atoms with E-state index in [0.29, 0.717) is 17.7 Å². The second-order valence-corrected chi connectivity index (χ2v) is 5.43. The molecule has 1 aliphatic carbocycles. The minimum absolute atomic E-state index is 0.0161. The molecule has 0 atom stereocenters. The van der Waals surface area contributed by atoms with E-state index in [4.69, 9.17) is 0 Å². The highest BCUT2D eigenvalue weighted by Gasteiger charge is 2.23. The van der Waals surface area contributed by atoms with Gasteiger partial charge in [-0.15, -0.1) is 0 Å². The molecular weight excluding hydrogens is 310 g/mol. The van der Waals surface area contributed by atoms with Crippen LogP contribution in [-0.2, 0) is 11.2 Å². The average Bonchev–Trinajstić information content (AvgIpc) is 3.05. The second kappa shape index (κ2) is 5.08. The van der Waals surface area contributed by atoms with Gasteiger partial charge in [0.1, 0.15) is 5.82 Å². The second-order valence-electron chi connectivity index (χ2n) is 4.52. The van der Waals surface area contributed by atoms with E-state index in [1.807, 2.05) is 6.07 Å². The van der Waals surface area contributed by atoms with E-state index in [-0.39, 0.29) is 12.3 Å². The van der Waals surface area contributed by atoms with Crippen molar-refractivity contribution in [2.75, 3.05) is 0 Å². The Morgan fingerprint density at radius 2 is 2.32 bits per heavy atom. The third-order valence-electron chi connectivity index (χ3n) is 2.77. The smallest absolute Gasteiger partial charge is 0.227 e. The summed E-state index contributed by atoms with van der Waals surface area (Å²) < 4.78 is 0.864. The van der Waals surface area contributed by atoms with Crippen LogP contribution in [0.3, 0.4) is 0 Å². The SMILES string of the molecule is O=C(Cc1nc(-c2cncc(Br)c2)n[nH]1)NC1CC1. The van der Waals surface area contributed by atoms with Crippen molar-refractivity contribution in [3.05, 3.63) is 28.8 Å². The first-order valence-electron chi connectivity index (χ1n) is 6.02. The summed E-state index contributed by atoms with van der Waals surface area (Å²) in [6.45, 7) is 0. The van der Waals surface area contributed by atoms with Gasteiger partial charge in [-0.3, -0.25) is 14.9 Å². The number of H-pyrrole nitrogens is 1. The van der Waals surface area contributed by atoms with Crippen LogP contribution in [0.4, 0.5) is 0 Å². The van der Waals surface area contributed by atoms with Gasteiger partial charge in [0.05, 0.1) is 6.42 Å². The van der Waals surface area contributed by atoms with E-state index in [1.165, 1.54) is 0 Å². The quantitative estimate of drug-likeness (QED) is 0.892. The standard InChI is InChI=1S/C12H12BrN5O/c13-8-3-7(5-14-6-8)12-16-10(17-18-12)4-11(19)15-9-1-2-9/h3,5-6,9H,1-2,4H2,(H,15,19)(H,16,17,18). The fraction of sp³-hybridized carbons (Fsp3) is 0.333. The van der Waals surface area contributed by atoms with Crippen LogP contribution >= 0.6 is 15.9 Å². The fourth-order valence-electron chi connectivity index (χ4n) is 1.70. The highest BCUT2D eigenvalue weighted by molar-refractivity contribution is 9.10. The predicted molar refractivity (Wildman–Crippen MR) is 72.2 cm³/mol. The molecule has 0 saturated heterocycles. The summed E-state index contributed by atoms with van der Waals surface area (Å²) in [7, 11) is 0. The number of hydrogen-bond acceptors (Lipinski definition) is 4. The molecule has 1 saturated carbocycles. The van der Waals surface area contributed by atoms with Crippen LogP contribution < -0.4 is 5.32 Å². The maximum Gasteiger partial charge on any atom is 0.227 e. The number of halogens is 1. The molecule has 1 amide bonds. The number of pyridine rings is 1. The van der Waals surface area contributed by atoms with E-state index in [1.54, 1.807) is 12.4 Å². The first-order valence-corrected chi connectivity index (χ1v) is 6.81. The van der Waals surface area contributed by atoms with Crippen LogP contribution in [-0.4, -0.2) is 32.1 Å². The summed E-state index contributed by atoms with van der Waals surface area (Å²) in [5.41, 5.74) is 0.805. The molecule has 7 heteroatoms. The van der Waals surface area contributed by atoms with Crippen molar-refractivity contribution in [2.45, 2.75) is 25.3 Å². The van der Waals surface area contributed by atoms with Gasteiger partial charge in [0.25, 0.3) is 0 Å². The molecule has 2 aromatic heterocycles. The van der Waals surface area contributed by atoms with Crippen molar-refractivity contribution in [1.82, 2.24) is 25.5 Å². The number of amides is 1. The number of carbonyl (C=O) groups is 1. The summed E-state index contributed by atoms with van der Waals surface area (Å²) >= 11 is 3.35. The van der Waals surface area contributed by atoms with Crippen LogP contribution in [0.5, 0.6) is 0 Å². The summed E-state index contributed by atoms with van der Waals surface area (Å²) in [6, 6.07) is 2.24. The van der Waals surface area contributed by atoms with Crippen LogP contribution in [0.15, 0.2) is 22.9 Å². The van der Waals surface area contributed by atoms with Crippen molar-refractivity contribution in [2.24, 2.45) is 0 Å². The highest BCUT2D eigenvalue weighted by Crippen LogP contribution is 2.19. The van der Waals surface area contributed by atoms with Gasteiger partial charge in [0.2, 0.25) is 5.91 Å². The van der Waals surface area contributed by atoms with Gasteiger partial charge >= 0.3 is 0 Å². The van der Waals surface area contributed by atoms with Crippen molar-refractivity contribution in [3.63, 3.8) is 0 Å². The van der Waals surface area contributed by atoms with E-state index in [9.17, 15) is 4.79 Å². The third kappa shape index (κ3) is 3.17. The molecule has 0 radical (unpaired) electrons. The molecule has 0 spiro atoms. The van der Waals surface area contributed by atoms with Gasteiger partial charge in [-0.1, -0.05) is 0 Å². The van der Waals surface area contributed by atoms with Gasteiger partial charge in [-0.25, -0.2) is 4.98 Å². The Balaban J connectivity index is 1.70. The third-order valence-corrected chi connectivity index (χ3v) is 3.20. The first kappa shape index (κ1) is 12.3. The fourth-order valence-corrected chi connectivity index (χ4v) is 2.06. The van der Waals surface area contributed by atoms with Crippen LogP contribution in [0, 0.1) is 0 Å². The number of rotatable bonds is 4. The number of aromatic amines is 1. The largest absolute Gasteiger partial charge is 0.353 e. The normalized spacial score (nSPS) is 14.4. The molecule has 2 N–H and O–H groups in total. The van der Waals surface area contributed by atoms with Crippen molar-refractivity contribution in [3.8, 4) is 11.4 Å². The number of nitrogens with zero attached hydrogens (tertiary/aromatic N) is 3. The lowest BCUT2D eigenvalue weighted by molar-refractivity contribution is -0.120. The molecule has 2 heterocycles. The first-order chi connectivity index (χ1) is 9.20. The Hall–Kier alpha value is -1.76. The predicted octanol–water partition coefficient (Wildman–Crippen LogP) is 1.45. The van der Waals surface area contributed by atoms with Crippen LogP contribution in [0.2, 0.25) is 0 Å². The Morgan fingerprint density at radius 1 is 1.47 bits per heavy atom. The molecule has 0 aromatic carbocycles. The molecule has 0 aliphatic heterocycles. The maximum atomic E-state index is 11.6. The van der Waals surface area contributed by atoms with Crippen molar-refractivity contribution < 1.29 is 4.79 Å². The van der Waals surface area contributed by atoms with Gasteiger partial charge in [-0.2, -0.15) is 5.10 Å². The zero-order valence-electron chi connectivity index (χ0n) is 10.1. The molecule has 1 fully saturated rings. The summed E-state index contributed by atoms with van der Waals surface area (Å²) in [5, 5.41) is 9.80. The Labute approximate surface area is 118 Å². The van der Waals surface area contributed by atoms with E-state index in [2.05, 4.69) is 41.4 Å². The zero-order valence-corrected chi connectivity index (χ0v) is 11.6. The molecular formula is C12H12BrN5O. The van der Waals surface area contributed by atoms with Crippen LogP contribution in [0.25, 0.3) is 11.4 Å². The summed E-state index contributed by atoms with van der Waals surface area (Å²) in [4.78, 5) is 20.0. The van der Waals surface area contributed by atoms with E-state index >= 15 is 0 Å². The minimum Gasteiger partial charge on any atom is -0.353 e. The topological polar surface area (TPSA) is 83.6 Å². The summed E-state index contributed by atoms with van der Waals surface area (Å²) in [6.07, 6.45) is 5.77. The van der Waals surface area contributed by atoms with Gasteiger partial charge in [-0.05, 0) is 34.8 Å². The highest BCUT2D eigenvalue weighted by atomic mass is 79.9. The van der Waals surface area contributed by atoms with E-state index < -0.39 is 0 Å². The molecule has 0 bridgehead atoms. The molecule has 98 valence electrons. The lowest BCUT2D eigenvalue weighted by Gasteiger charge is -1.99. The van der Waals surface area contributed by atoms with Gasteiger partial charge < -0.3 is 5.32 Å². The number of aromatic nitrogens is 4. The van der Waals surface area contributed by atoms with Crippen molar-refractivity contribution >= 4 is 21.8 Å². The van der Waals surface area contributed by atoms with Crippen LogP contribution in [0.1, 0.15) is 18.7 Å². The molecule has 6 nitrogen and oxygen atoms in total. The Kier molecular flexibility index (Phi) is 3.29. The molecule has 3 rings (SSSR count). The number of hydrogen-bond donors (Lipinski definition) is 2. The van der Waals surface area contributed by atoms with Crippen molar-refractivity contribution in [1.29, 1.82) is 0 Å². The molecule has 0 unspecified atom stereocenters. The minimum atomic E-state index is -0.0161. The summed E-state index contributed by atoms with van der Waals surface area (Å²) in [5.74, 6) is 1.09. The number of nitrogens with one attached hydrogen (secondary N) is 2. The van der Waals surface area contributed by atoms with Gasteiger partial charge in [0.15, 0.2) is 5.82 Å².